The van der Waals surface area contributed by atoms with Gasteiger partial charge in [0.05, 0.1) is 16.8 Å². The highest BCUT2D eigenvalue weighted by atomic mass is 32.2. The van der Waals surface area contributed by atoms with Gasteiger partial charge in [-0.2, -0.15) is 0 Å². The zero-order valence-electron chi connectivity index (χ0n) is 33.2. The first-order chi connectivity index (χ1) is 30.7. The van der Waals surface area contributed by atoms with Gasteiger partial charge in [-0.15, -0.1) is 0 Å². The molecule has 0 radical (unpaired) electrons. The highest BCUT2D eigenvalue weighted by molar-refractivity contribution is 7.99. The van der Waals surface area contributed by atoms with Crippen molar-refractivity contribution in [3.8, 4) is 78.9 Å². The average Bonchev–Trinajstić information content (AvgIpc) is 3.65. The van der Waals surface area contributed by atoms with E-state index in [2.05, 4.69) is 131 Å². The molecule has 0 fully saturated rings. The molecule has 5 heterocycles. The van der Waals surface area contributed by atoms with Gasteiger partial charge in [-0.3, -0.25) is 9.97 Å². The minimum absolute atomic E-state index is 0.615. The SMILES string of the molecule is c1ccc(-c2nc(-c3ccccc3)nc(-c3cccc4c3-c3c(-c5cc(-c6ccncc6)nc(-c6ccncc6)c5)cccc3C43c4ccccc4Sc4ccccc43)n2)cc1. The topological polar surface area (TPSA) is 77.3 Å². The predicted octanol–water partition coefficient (Wildman–Crippen LogP) is 12.9. The summed E-state index contributed by atoms with van der Waals surface area (Å²) >= 11 is 1.84. The van der Waals surface area contributed by atoms with Gasteiger partial charge in [0, 0.05) is 62.4 Å². The summed E-state index contributed by atoms with van der Waals surface area (Å²) in [5.41, 5.74) is 15.2. The van der Waals surface area contributed by atoms with Crippen molar-refractivity contribution in [3.05, 3.63) is 229 Å². The van der Waals surface area contributed by atoms with E-state index < -0.39 is 5.41 Å². The molecule has 1 aliphatic carbocycles. The number of aromatic nitrogens is 6. The van der Waals surface area contributed by atoms with Crippen LogP contribution in [0.3, 0.4) is 0 Å². The molecule has 0 saturated heterocycles. The van der Waals surface area contributed by atoms with Crippen molar-refractivity contribution in [2.24, 2.45) is 0 Å². The predicted molar refractivity (Wildman–Crippen MR) is 247 cm³/mol. The van der Waals surface area contributed by atoms with E-state index in [-0.39, 0.29) is 0 Å². The summed E-state index contributed by atoms with van der Waals surface area (Å²) in [6, 6.07) is 64.2. The third kappa shape index (κ3) is 5.74. The molecule has 6 aromatic carbocycles. The summed E-state index contributed by atoms with van der Waals surface area (Å²) in [5, 5.41) is 0. The van der Waals surface area contributed by atoms with Crippen LogP contribution in [0.4, 0.5) is 0 Å². The Morgan fingerprint density at radius 2 is 0.758 bits per heavy atom. The molecule has 4 aromatic heterocycles. The third-order valence-corrected chi connectivity index (χ3v) is 13.2. The fraction of sp³-hybridized carbons (Fsp3) is 0.0182. The van der Waals surface area contributed by atoms with E-state index in [1.165, 1.54) is 32.0 Å². The van der Waals surface area contributed by atoms with Crippen LogP contribution in [0.1, 0.15) is 22.3 Å². The molecule has 10 aromatic rings. The van der Waals surface area contributed by atoms with Gasteiger partial charge in [-0.25, -0.2) is 19.9 Å². The molecule has 0 atom stereocenters. The largest absolute Gasteiger partial charge is 0.265 e. The summed E-state index contributed by atoms with van der Waals surface area (Å²) in [4.78, 5) is 32.1. The highest BCUT2D eigenvalue weighted by Gasteiger charge is 2.51. The van der Waals surface area contributed by atoms with Crippen molar-refractivity contribution < 1.29 is 0 Å². The zero-order chi connectivity index (χ0) is 41.0. The van der Waals surface area contributed by atoms with Crippen molar-refractivity contribution in [2.75, 3.05) is 0 Å². The first kappa shape index (κ1) is 36.0. The van der Waals surface area contributed by atoms with Crippen molar-refractivity contribution in [2.45, 2.75) is 15.2 Å². The first-order valence-electron chi connectivity index (χ1n) is 20.6. The normalized spacial score (nSPS) is 12.9. The van der Waals surface area contributed by atoms with Gasteiger partial charge in [0.1, 0.15) is 0 Å². The molecule has 0 unspecified atom stereocenters. The summed E-state index contributed by atoms with van der Waals surface area (Å²) in [6.45, 7) is 0. The van der Waals surface area contributed by atoms with Gasteiger partial charge in [0.2, 0.25) is 0 Å². The van der Waals surface area contributed by atoms with Crippen LogP contribution < -0.4 is 0 Å². The molecule has 62 heavy (non-hydrogen) atoms. The number of fused-ring (bicyclic) bond motifs is 9. The molecule has 0 saturated carbocycles. The lowest BCUT2D eigenvalue weighted by atomic mass is 9.67. The maximum absolute atomic E-state index is 5.33. The maximum atomic E-state index is 5.33. The Balaban J connectivity index is 1.21. The number of pyridine rings is 3. The van der Waals surface area contributed by atoms with Gasteiger partial charge < -0.3 is 0 Å². The van der Waals surface area contributed by atoms with E-state index in [0.717, 1.165) is 61.5 Å². The zero-order valence-corrected chi connectivity index (χ0v) is 34.0. The molecule has 0 bridgehead atoms. The summed E-state index contributed by atoms with van der Waals surface area (Å²) in [7, 11) is 0. The number of rotatable bonds is 6. The average molecular weight is 811 g/mol. The summed E-state index contributed by atoms with van der Waals surface area (Å²) in [6.07, 6.45) is 7.28. The monoisotopic (exact) mass is 810 g/mol. The van der Waals surface area contributed by atoms with E-state index in [0.29, 0.717) is 17.5 Å². The van der Waals surface area contributed by atoms with Crippen LogP contribution in [-0.2, 0) is 5.41 Å². The van der Waals surface area contributed by atoms with Crippen molar-refractivity contribution in [1.82, 2.24) is 29.9 Å². The van der Waals surface area contributed by atoms with E-state index in [1.807, 2.05) is 97.2 Å². The Morgan fingerprint density at radius 3 is 1.29 bits per heavy atom. The standard InChI is InChI=1S/C55H34N6S/c1-3-13-37(14-4-1)52-59-53(38-15-5-2-6-16-38)61-54(60-52)41-18-12-22-45-51(41)50-40(39-33-46(35-25-29-56-30-26-35)58-47(34-39)36-27-31-57-32-28-36)17-11-21-44(50)55(45)42-19-7-9-23-48(42)62-49-24-10-8-20-43(49)55/h1-34H. The van der Waals surface area contributed by atoms with Gasteiger partial charge in [0.25, 0.3) is 0 Å². The summed E-state index contributed by atoms with van der Waals surface area (Å²) in [5.74, 6) is 1.86. The van der Waals surface area contributed by atoms with Crippen LogP contribution in [0, 0.1) is 0 Å². The van der Waals surface area contributed by atoms with Crippen molar-refractivity contribution in [3.63, 3.8) is 0 Å². The second-order valence-electron chi connectivity index (χ2n) is 15.4. The maximum Gasteiger partial charge on any atom is 0.164 e. The molecule has 0 amide bonds. The Kier molecular flexibility index (Phi) is 8.54. The Hall–Kier alpha value is -7.87. The number of nitrogens with zero attached hydrogens (tertiary/aromatic N) is 6. The molecule has 1 aliphatic heterocycles. The minimum Gasteiger partial charge on any atom is -0.265 e. The van der Waals surface area contributed by atoms with Gasteiger partial charge in [0.15, 0.2) is 17.5 Å². The molecule has 6 nitrogen and oxygen atoms in total. The quantitative estimate of drug-likeness (QED) is 0.165. The fourth-order valence-corrected chi connectivity index (χ4v) is 10.6. The first-order valence-corrected chi connectivity index (χ1v) is 21.4. The van der Waals surface area contributed by atoms with Crippen molar-refractivity contribution in [1.29, 1.82) is 0 Å². The Labute approximate surface area is 363 Å². The van der Waals surface area contributed by atoms with E-state index in [4.69, 9.17) is 19.9 Å². The molecule has 0 N–H and O–H groups in total. The number of benzene rings is 6. The molecule has 2 aliphatic rings. The molecule has 7 heteroatoms. The second kappa shape index (κ2) is 14.7. The van der Waals surface area contributed by atoms with Gasteiger partial charge in [-0.1, -0.05) is 145 Å². The van der Waals surface area contributed by atoms with Crippen LogP contribution in [-0.4, -0.2) is 29.9 Å². The van der Waals surface area contributed by atoms with Gasteiger partial charge >= 0.3 is 0 Å². The van der Waals surface area contributed by atoms with E-state index in [1.54, 1.807) is 0 Å². The van der Waals surface area contributed by atoms with Crippen LogP contribution >= 0.6 is 11.8 Å². The lowest BCUT2D eigenvalue weighted by Gasteiger charge is -2.39. The second-order valence-corrected chi connectivity index (χ2v) is 16.5. The Morgan fingerprint density at radius 1 is 0.323 bits per heavy atom. The number of hydrogen-bond acceptors (Lipinski definition) is 7. The number of hydrogen-bond donors (Lipinski definition) is 0. The van der Waals surface area contributed by atoms with Crippen LogP contribution in [0.2, 0.25) is 0 Å². The molecule has 290 valence electrons. The fourth-order valence-electron chi connectivity index (χ4n) is 9.37. The van der Waals surface area contributed by atoms with Gasteiger partial charge in [-0.05, 0) is 93.0 Å². The molecule has 1 spiro atoms. The summed E-state index contributed by atoms with van der Waals surface area (Å²) < 4.78 is 0. The molecular formula is C55H34N6S. The minimum atomic E-state index is -0.637. The smallest absolute Gasteiger partial charge is 0.164 e. The van der Waals surface area contributed by atoms with Crippen molar-refractivity contribution >= 4 is 11.8 Å². The van der Waals surface area contributed by atoms with E-state index >= 15 is 0 Å². The lowest BCUT2D eigenvalue weighted by molar-refractivity contribution is 0.722. The molecular weight excluding hydrogens is 777 g/mol. The third-order valence-electron chi connectivity index (χ3n) is 12.0. The van der Waals surface area contributed by atoms with Crippen LogP contribution in [0.25, 0.3) is 78.9 Å². The van der Waals surface area contributed by atoms with E-state index in [9.17, 15) is 0 Å². The molecule has 12 rings (SSSR count). The van der Waals surface area contributed by atoms with Crippen LogP contribution in [0.15, 0.2) is 217 Å². The highest BCUT2D eigenvalue weighted by Crippen LogP contribution is 2.64. The Bertz CT molecular complexity index is 2980. The lowest BCUT2D eigenvalue weighted by Crippen LogP contribution is -2.31. The van der Waals surface area contributed by atoms with Crippen LogP contribution in [0.5, 0.6) is 0 Å².